The topological polar surface area (TPSA) is 55.4 Å². The van der Waals surface area contributed by atoms with Gasteiger partial charge < -0.3 is 28.4 Å². The number of rotatable bonds is 8. The molecule has 0 saturated heterocycles. The predicted octanol–water partition coefficient (Wildman–Crippen LogP) is 3.91. The van der Waals surface area contributed by atoms with Crippen LogP contribution in [0.5, 0.6) is 34.5 Å². The molecule has 2 rings (SSSR count). The molecule has 2 aromatic rings. The summed E-state index contributed by atoms with van der Waals surface area (Å²) in [7, 11) is 9.57. The standard InChI is InChI=1S/C20H24O6/c1-21-15-11-19(25-5)17(23-3)9-13(15)7-8-14-10-18(24-4)20(26-6)12-16(14)22-2/h7-12H,1-6H3. The van der Waals surface area contributed by atoms with Crippen LogP contribution in [-0.2, 0) is 0 Å². The van der Waals surface area contributed by atoms with Gasteiger partial charge in [-0.2, -0.15) is 0 Å². The van der Waals surface area contributed by atoms with Crippen LogP contribution in [0.3, 0.4) is 0 Å². The molecular weight excluding hydrogens is 336 g/mol. The first-order valence-electron chi connectivity index (χ1n) is 7.89. The molecular formula is C20H24O6. The normalized spacial score (nSPS) is 10.5. The lowest BCUT2D eigenvalue weighted by atomic mass is 10.1. The Morgan fingerprint density at radius 3 is 0.962 bits per heavy atom. The van der Waals surface area contributed by atoms with Crippen molar-refractivity contribution >= 4 is 12.2 Å². The van der Waals surface area contributed by atoms with Gasteiger partial charge in [-0.05, 0) is 12.1 Å². The largest absolute Gasteiger partial charge is 0.496 e. The second-order valence-electron chi connectivity index (χ2n) is 5.23. The third-order valence-electron chi connectivity index (χ3n) is 3.91. The molecule has 0 N–H and O–H groups in total. The Hall–Kier alpha value is -3.02. The third-order valence-corrected chi connectivity index (χ3v) is 3.91. The Morgan fingerprint density at radius 2 is 0.692 bits per heavy atom. The van der Waals surface area contributed by atoms with E-state index in [9.17, 15) is 0 Å². The first kappa shape index (κ1) is 19.3. The molecule has 0 atom stereocenters. The lowest BCUT2D eigenvalue weighted by Crippen LogP contribution is -1.95. The van der Waals surface area contributed by atoms with Gasteiger partial charge in [-0.25, -0.2) is 0 Å². The van der Waals surface area contributed by atoms with Crippen molar-refractivity contribution in [3.8, 4) is 34.5 Å². The lowest BCUT2D eigenvalue weighted by molar-refractivity contribution is 0.348. The zero-order chi connectivity index (χ0) is 19.1. The van der Waals surface area contributed by atoms with Gasteiger partial charge in [0.2, 0.25) is 0 Å². The number of hydrogen-bond acceptors (Lipinski definition) is 6. The number of hydrogen-bond donors (Lipinski definition) is 0. The van der Waals surface area contributed by atoms with Crippen LogP contribution in [0.25, 0.3) is 12.2 Å². The molecule has 0 unspecified atom stereocenters. The van der Waals surface area contributed by atoms with Crippen molar-refractivity contribution in [2.45, 2.75) is 0 Å². The van der Waals surface area contributed by atoms with E-state index in [0.29, 0.717) is 34.5 Å². The van der Waals surface area contributed by atoms with E-state index in [-0.39, 0.29) is 0 Å². The van der Waals surface area contributed by atoms with E-state index in [1.165, 1.54) is 0 Å². The molecule has 26 heavy (non-hydrogen) atoms. The second kappa shape index (κ2) is 8.89. The lowest BCUT2D eigenvalue weighted by Gasteiger charge is -2.13. The molecule has 2 aromatic carbocycles. The van der Waals surface area contributed by atoms with Gasteiger partial charge in [-0.3, -0.25) is 0 Å². The fourth-order valence-electron chi connectivity index (χ4n) is 2.55. The van der Waals surface area contributed by atoms with E-state index < -0.39 is 0 Å². The van der Waals surface area contributed by atoms with Crippen molar-refractivity contribution in [3.63, 3.8) is 0 Å². The summed E-state index contributed by atoms with van der Waals surface area (Å²) in [5, 5.41) is 0. The molecule has 6 nitrogen and oxygen atoms in total. The van der Waals surface area contributed by atoms with E-state index in [0.717, 1.165) is 11.1 Å². The minimum absolute atomic E-state index is 0.602. The van der Waals surface area contributed by atoms with Crippen LogP contribution in [0.1, 0.15) is 11.1 Å². The highest BCUT2D eigenvalue weighted by Crippen LogP contribution is 2.38. The molecule has 0 spiro atoms. The van der Waals surface area contributed by atoms with Crippen LogP contribution in [0, 0.1) is 0 Å². The van der Waals surface area contributed by atoms with E-state index in [1.54, 1.807) is 54.8 Å². The zero-order valence-corrected chi connectivity index (χ0v) is 15.9. The highest BCUT2D eigenvalue weighted by atomic mass is 16.5. The van der Waals surface area contributed by atoms with Crippen molar-refractivity contribution < 1.29 is 28.4 Å². The Balaban J connectivity index is 2.49. The molecule has 0 aliphatic heterocycles. The van der Waals surface area contributed by atoms with Crippen LogP contribution in [-0.4, -0.2) is 42.7 Å². The molecule has 0 bridgehead atoms. The van der Waals surface area contributed by atoms with Gasteiger partial charge in [0.1, 0.15) is 11.5 Å². The van der Waals surface area contributed by atoms with Gasteiger partial charge in [0, 0.05) is 23.3 Å². The number of methoxy groups -OCH3 is 6. The molecule has 0 aliphatic rings. The zero-order valence-electron chi connectivity index (χ0n) is 15.9. The number of ether oxygens (including phenoxy) is 6. The van der Waals surface area contributed by atoms with Gasteiger partial charge in [0.05, 0.1) is 42.7 Å². The Bertz CT molecular complexity index is 717. The minimum atomic E-state index is 0.602. The number of benzene rings is 2. The van der Waals surface area contributed by atoms with Crippen molar-refractivity contribution in [1.29, 1.82) is 0 Å². The van der Waals surface area contributed by atoms with Crippen molar-refractivity contribution in [3.05, 3.63) is 35.4 Å². The fourth-order valence-corrected chi connectivity index (χ4v) is 2.55. The highest BCUT2D eigenvalue weighted by molar-refractivity contribution is 5.77. The van der Waals surface area contributed by atoms with Gasteiger partial charge in [-0.15, -0.1) is 0 Å². The van der Waals surface area contributed by atoms with Crippen LogP contribution in [0.4, 0.5) is 0 Å². The quantitative estimate of drug-likeness (QED) is 0.666. The third kappa shape index (κ3) is 3.96. The molecule has 0 amide bonds. The van der Waals surface area contributed by atoms with Gasteiger partial charge in [0.25, 0.3) is 0 Å². The molecule has 6 heteroatoms. The first-order chi connectivity index (χ1) is 12.6. The molecule has 0 aliphatic carbocycles. The van der Waals surface area contributed by atoms with E-state index >= 15 is 0 Å². The predicted molar refractivity (Wildman–Crippen MR) is 101 cm³/mol. The van der Waals surface area contributed by atoms with Gasteiger partial charge in [-0.1, -0.05) is 12.2 Å². The molecule has 0 saturated carbocycles. The minimum Gasteiger partial charge on any atom is -0.496 e. The maximum atomic E-state index is 5.45. The van der Waals surface area contributed by atoms with Gasteiger partial charge >= 0.3 is 0 Å². The maximum Gasteiger partial charge on any atom is 0.164 e. The van der Waals surface area contributed by atoms with Crippen LogP contribution in [0.2, 0.25) is 0 Å². The fraction of sp³-hybridized carbons (Fsp3) is 0.300. The molecule has 0 radical (unpaired) electrons. The van der Waals surface area contributed by atoms with Gasteiger partial charge in [0.15, 0.2) is 23.0 Å². The summed E-state index contributed by atoms with van der Waals surface area (Å²) in [6.45, 7) is 0. The Labute approximate surface area is 153 Å². The highest BCUT2D eigenvalue weighted by Gasteiger charge is 2.12. The van der Waals surface area contributed by atoms with E-state index in [4.69, 9.17) is 28.4 Å². The smallest absolute Gasteiger partial charge is 0.164 e. The summed E-state index contributed by atoms with van der Waals surface area (Å²) in [6.07, 6.45) is 3.81. The van der Waals surface area contributed by atoms with Crippen molar-refractivity contribution in [2.24, 2.45) is 0 Å². The first-order valence-corrected chi connectivity index (χ1v) is 7.89. The van der Waals surface area contributed by atoms with Crippen LogP contribution in [0.15, 0.2) is 24.3 Å². The molecule has 0 fully saturated rings. The maximum absolute atomic E-state index is 5.45. The average Bonchev–Trinajstić information content (AvgIpc) is 2.70. The average molecular weight is 360 g/mol. The molecule has 140 valence electrons. The van der Waals surface area contributed by atoms with Crippen LogP contribution >= 0.6 is 0 Å². The Morgan fingerprint density at radius 1 is 0.423 bits per heavy atom. The summed E-state index contributed by atoms with van der Waals surface area (Å²) in [5.41, 5.74) is 1.67. The SMILES string of the molecule is COc1cc(OC)c(OC)cc1C=Cc1cc(OC)c(OC)cc1OC. The monoisotopic (exact) mass is 360 g/mol. The summed E-state index contributed by atoms with van der Waals surface area (Å²) < 4.78 is 32.2. The van der Waals surface area contributed by atoms with E-state index in [1.807, 2.05) is 24.3 Å². The molecule has 0 aromatic heterocycles. The van der Waals surface area contributed by atoms with E-state index in [2.05, 4.69) is 0 Å². The van der Waals surface area contributed by atoms with Crippen molar-refractivity contribution in [1.82, 2.24) is 0 Å². The second-order valence-corrected chi connectivity index (χ2v) is 5.23. The van der Waals surface area contributed by atoms with Crippen molar-refractivity contribution in [2.75, 3.05) is 42.7 Å². The summed E-state index contributed by atoms with van der Waals surface area (Å²) in [6, 6.07) is 7.26. The Kier molecular flexibility index (Phi) is 6.60. The summed E-state index contributed by atoms with van der Waals surface area (Å²) >= 11 is 0. The summed E-state index contributed by atoms with van der Waals surface area (Å²) in [4.78, 5) is 0. The summed E-state index contributed by atoms with van der Waals surface area (Å²) in [5.74, 6) is 3.77. The molecule has 0 heterocycles. The van der Waals surface area contributed by atoms with Crippen LogP contribution < -0.4 is 28.4 Å².